The van der Waals surface area contributed by atoms with Gasteiger partial charge in [-0.3, -0.25) is 4.79 Å². The number of rotatable bonds is 8. The standard InChI is InChI=1S/C13H20N2O2S/c1-11(9-14)18-10-13(16)15-7-8-17-12-5-3-2-4-6-12/h2-6,11H,7-10,14H2,1H3,(H,15,16). The Bertz CT molecular complexity index is 346. The largest absolute Gasteiger partial charge is 0.492 e. The van der Waals surface area contributed by atoms with E-state index >= 15 is 0 Å². The lowest BCUT2D eigenvalue weighted by Gasteiger charge is -2.09. The van der Waals surface area contributed by atoms with Crippen molar-refractivity contribution in [2.45, 2.75) is 12.2 Å². The molecule has 0 aliphatic carbocycles. The first-order valence-corrected chi connectivity index (χ1v) is 7.03. The first-order chi connectivity index (χ1) is 8.72. The van der Waals surface area contributed by atoms with E-state index in [2.05, 4.69) is 5.32 Å². The van der Waals surface area contributed by atoms with E-state index in [0.717, 1.165) is 5.75 Å². The van der Waals surface area contributed by atoms with E-state index in [0.29, 0.717) is 30.7 Å². The number of carbonyl (C=O) groups is 1. The van der Waals surface area contributed by atoms with E-state index in [1.807, 2.05) is 37.3 Å². The molecule has 0 heterocycles. The van der Waals surface area contributed by atoms with Crippen molar-refractivity contribution in [2.24, 2.45) is 5.73 Å². The van der Waals surface area contributed by atoms with Gasteiger partial charge in [0, 0.05) is 11.8 Å². The first kappa shape index (κ1) is 14.9. The predicted molar refractivity (Wildman–Crippen MR) is 75.9 cm³/mol. The van der Waals surface area contributed by atoms with Crippen molar-refractivity contribution >= 4 is 17.7 Å². The Morgan fingerprint density at radius 2 is 2.17 bits per heavy atom. The minimum atomic E-state index is 0.0250. The van der Waals surface area contributed by atoms with Gasteiger partial charge >= 0.3 is 0 Å². The Morgan fingerprint density at radius 3 is 2.83 bits per heavy atom. The van der Waals surface area contributed by atoms with Crippen LogP contribution in [0, 0.1) is 0 Å². The van der Waals surface area contributed by atoms with E-state index in [1.165, 1.54) is 0 Å². The number of benzene rings is 1. The second-order valence-corrected chi connectivity index (χ2v) is 5.30. The minimum Gasteiger partial charge on any atom is -0.492 e. The number of carbonyl (C=O) groups excluding carboxylic acids is 1. The van der Waals surface area contributed by atoms with Gasteiger partial charge in [0.25, 0.3) is 0 Å². The average molecular weight is 268 g/mol. The smallest absolute Gasteiger partial charge is 0.230 e. The molecule has 1 amide bonds. The van der Waals surface area contributed by atoms with Crippen LogP contribution in [-0.4, -0.2) is 36.6 Å². The fourth-order valence-corrected chi connectivity index (χ4v) is 1.89. The molecule has 1 rings (SSSR count). The molecule has 18 heavy (non-hydrogen) atoms. The molecule has 0 spiro atoms. The first-order valence-electron chi connectivity index (χ1n) is 5.98. The fourth-order valence-electron chi connectivity index (χ4n) is 1.21. The number of para-hydroxylation sites is 1. The lowest BCUT2D eigenvalue weighted by molar-refractivity contribution is -0.118. The molecule has 100 valence electrons. The Morgan fingerprint density at radius 1 is 1.44 bits per heavy atom. The van der Waals surface area contributed by atoms with Crippen molar-refractivity contribution in [1.29, 1.82) is 0 Å². The minimum absolute atomic E-state index is 0.0250. The van der Waals surface area contributed by atoms with Crippen LogP contribution in [0.2, 0.25) is 0 Å². The fraction of sp³-hybridized carbons (Fsp3) is 0.462. The zero-order valence-corrected chi connectivity index (χ0v) is 11.4. The highest BCUT2D eigenvalue weighted by Gasteiger charge is 2.04. The maximum absolute atomic E-state index is 11.4. The molecule has 0 saturated carbocycles. The Kier molecular flexibility index (Phi) is 7.29. The van der Waals surface area contributed by atoms with Crippen molar-refractivity contribution in [3.63, 3.8) is 0 Å². The van der Waals surface area contributed by atoms with Crippen LogP contribution in [0.3, 0.4) is 0 Å². The second-order valence-electron chi connectivity index (χ2n) is 3.87. The number of nitrogens with two attached hydrogens (primary N) is 1. The average Bonchev–Trinajstić information content (AvgIpc) is 2.42. The van der Waals surface area contributed by atoms with Crippen LogP contribution in [0.5, 0.6) is 5.75 Å². The normalized spacial score (nSPS) is 11.9. The molecular weight excluding hydrogens is 248 g/mol. The number of hydrogen-bond donors (Lipinski definition) is 2. The molecule has 1 atom stereocenters. The number of amides is 1. The van der Waals surface area contributed by atoms with Gasteiger partial charge in [-0.1, -0.05) is 25.1 Å². The van der Waals surface area contributed by atoms with Crippen LogP contribution in [0.25, 0.3) is 0 Å². The molecule has 3 N–H and O–H groups in total. The summed E-state index contributed by atoms with van der Waals surface area (Å²) in [7, 11) is 0. The maximum Gasteiger partial charge on any atom is 0.230 e. The number of hydrogen-bond acceptors (Lipinski definition) is 4. The van der Waals surface area contributed by atoms with Gasteiger partial charge in [-0.05, 0) is 12.1 Å². The Labute approximate surface area is 112 Å². The third-order valence-corrected chi connectivity index (χ3v) is 3.46. The van der Waals surface area contributed by atoms with Gasteiger partial charge < -0.3 is 15.8 Å². The van der Waals surface area contributed by atoms with Gasteiger partial charge in [0.2, 0.25) is 5.91 Å². The summed E-state index contributed by atoms with van der Waals surface area (Å²) >= 11 is 1.56. The van der Waals surface area contributed by atoms with Gasteiger partial charge in [0.05, 0.1) is 12.3 Å². The number of ether oxygens (including phenoxy) is 1. The van der Waals surface area contributed by atoms with Crippen LogP contribution in [-0.2, 0) is 4.79 Å². The molecule has 0 saturated heterocycles. The van der Waals surface area contributed by atoms with Crippen LogP contribution < -0.4 is 15.8 Å². The summed E-state index contributed by atoms with van der Waals surface area (Å²) in [6.07, 6.45) is 0. The van der Waals surface area contributed by atoms with Crippen molar-refractivity contribution in [3.05, 3.63) is 30.3 Å². The predicted octanol–water partition coefficient (Wildman–Crippen LogP) is 1.26. The molecule has 0 aromatic heterocycles. The molecule has 1 aromatic carbocycles. The van der Waals surface area contributed by atoms with Gasteiger partial charge in [-0.25, -0.2) is 0 Å². The molecule has 1 aromatic rings. The Balaban J connectivity index is 2.05. The van der Waals surface area contributed by atoms with Gasteiger partial charge in [0.15, 0.2) is 0 Å². The van der Waals surface area contributed by atoms with Crippen molar-refractivity contribution < 1.29 is 9.53 Å². The van der Waals surface area contributed by atoms with Crippen molar-refractivity contribution in [3.8, 4) is 5.75 Å². The molecule has 0 bridgehead atoms. The van der Waals surface area contributed by atoms with Crippen molar-refractivity contribution in [1.82, 2.24) is 5.32 Å². The third kappa shape index (κ3) is 6.51. The van der Waals surface area contributed by atoms with Crippen LogP contribution >= 0.6 is 11.8 Å². The Hall–Kier alpha value is -1.20. The van der Waals surface area contributed by atoms with Crippen LogP contribution in [0.4, 0.5) is 0 Å². The molecular formula is C13H20N2O2S. The molecule has 1 unspecified atom stereocenters. The number of thioether (sulfide) groups is 1. The summed E-state index contributed by atoms with van der Waals surface area (Å²) in [5.74, 6) is 1.29. The number of nitrogens with one attached hydrogen (secondary N) is 1. The summed E-state index contributed by atoms with van der Waals surface area (Å²) in [6.45, 7) is 3.60. The highest BCUT2D eigenvalue weighted by molar-refractivity contribution is 8.00. The highest BCUT2D eigenvalue weighted by Crippen LogP contribution is 2.08. The maximum atomic E-state index is 11.4. The lowest BCUT2D eigenvalue weighted by Crippen LogP contribution is -2.30. The molecule has 5 heteroatoms. The summed E-state index contributed by atoms with van der Waals surface area (Å²) in [4.78, 5) is 11.4. The quantitative estimate of drug-likeness (QED) is 0.697. The van der Waals surface area contributed by atoms with E-state index < -0.39 is 0 Å². The van der Waals surface area contributed by atoms with E-state index in [1.54, 1.807) is 11.8 Å². The molecule has 0 radical (unpaired) electrons. The highest BCUT2D eigenvalue weighted by atomic mass is 32.2. The topological polar surface area (TPSA) is 64.4 Å². The molecule has 0 fully saturated rings. The van der Waals surface area contributed by atoms with Crippen LogP contribution in [0.1, 0.15) is 6.92 Å². The van der Waals surface area contributed by atoms with E-state index in [-0.39, 0.29) is 5.91 Å². The molecule has 0 aliphatic heterocycles. The zero-order chi connectivity index (χ0) is 13.2. The molecule has 4 nitrogen and oxygen atoms in total. The van der Waals surface area contributed by atoms with Crippen molar-refractivity contribution in [2.75, 3.05) is 25.4 Å². The summed E-state index contributed by atoms with van der Waals surface area (Å²) < 4.78 is 5.46. The zero-order valence-electron chi connectivity index (χ0n) is 10.6. The third-order valence-electron chi connectivity index (χ3n) is 2.27. The van der Waals surface area contributed by atoms with Gasteiger partial charge in [0.1, 0.15) is 12.4 Å². The second kappa shape index (κ2) is 8.83. The van der Waals surface area contributed by atoms with Gasteiger partial charge in [-0.2, -0.15) is 0 Å². The molecule has 0 aliphatic rings. The van der Waals surface area contributed by atoms with Gasteiger partial charge in [-0.15, -0.1) is 11.8 Å². The lowest BCUT2D eigenvalue weighted by atomic mass is 10.3. The summed E-state index contributed by atoms with van der Waals surface area (Å²) in [5, 5.41) is 3.12. The van der Waals surface area contributed by atoms with Crippen LogP contribution in [0.15, 0.2) is 30.3 Å². The monoisotopic (exact) mass is 268 g/mol. The van der Waals surface area contributed by atoms with E-state index in [4.69, 9.17) is 10.5 Å². The summed E-state index contributed by atoms with van der Waals surface area (Å²) in [5.41, 5.74) is 5.47. The summed E-state index contributed by atoms with van der Waals surface area (Å²) in [6, 6.07) is 9.54. The SMILES string of the molecule is CC(CN)SCC(=O)NCCOc1ccccc1. The van der Waals surface area contributed by atoms with E-state index in [9.17, 15) is 4.79 Å².